The lowest BCUT2D eigenvalue weighted by Crippen LogP contribution is -2.54. The van der Waals surface area contributed by atoms with Gasteiger partial charge in [-0.2, -0.15) is 5.10 Å². The Labute approximate surface area is 166 Å². The van der Waals surface area contributed by atoms with Crippen molar-refractivity contribution in [3.63, 3.8) is 0 Å². The van der Waals surface area contributed by atoms with Gasteiger partial charge in [0.15, 0.2) is 0 Å². The molecule has 2 heterocycles. The fraction of sp³-hybridized carbons (Fsp3) is 0.444. The molecular weight excluding hydrogens is 389 g/mol. The zero-order chi connectivity index (χ0) is 20.5. The SMILES string of the molecule is CC(C)(C(=O)N1CCN(Cc2ccc(F)cc2Cl)CC1)n1cc([N+](=O)[O-])cn1. The zero-order valence-electron chi connectivity index (χ0n) is 15.6. The quantitative estimate of drug-likeness (QED) is 0.560. The first-order valence-corrected chi connectivity index (χ1v) is 9.21. The third-order valence-electron chi connectivity index (χ3n) is 4.94. The monoisotopic (exact) mass is 409 g/mol. The summed E-state index contributed by atoms with van der Waals surface area (Å²) < 4.78 is 14.5. The highest BCUT2D eigenvalue weighted by molar-refractivity contribution is 6.31. The van der Waals surface area contributed by atoms with Crippen LogP contribution in [0.3, 0.4) is 0 Å². The Morgan fingerprint density at radius 1 is 1.32 bits per heavy atom. The van der Waals surface area contributed by atoms with Crippen molar-refractivity contribution in [2.45, 2.75) is 25.9 Å². The van der Waals surface area contributed by atoms with Gasteiger partial charge >= 0.3 is 5.69 Å². The summed E-state index contributed by atoms with van der Waals surface area (Å²) in [6.45, 7) is 6.29. The minimum atomic E-state index is -1.03. The lowest BCUT2D eigenvalue weighted by Gasteiger charge is -2.38. The summed E-state index contributed by atoms with van der Waals surface area (Å²) in [5.74, 6) is -0.518. The van der Waals surface area contributed by atoms with Gasteiger partial charge in [0.25, 0.3) is 0 Å². The number of nitro groups is 1. The molecular formula is C18H21ClFN5O3. The topological polar surface area (TPSA) is 84.5 Å². The van der Waals surface area contributed by atoms with Crippen molar-refractivity contribution in [2.75, 3.05) is 26.2 Å². The molecule has 1 aromatic carbocycles. The van der Waals surface area contributed by atoms with Gasteiger partial charge in [-0.15, -0.1) is 0 Å². The van der Waals surface area contributed by atoms with Crippen LogP contribution in [-0.2, 0) is 16.9 Å². The van der Waals surface area contributed by atoms with Crippen molar-refractivity contribution in [1.82, 2.24) is 19.6 Å². The molecule has 0 N–H and O–H groups in total. The average molecular weight is 410 g/mol. The van der Waals surface area contributed by atoms with E-state index >= 15 is 0 Å². The fourth-order valence-electron chi connectivity index (χ4n) is 3.20. The van der Waals surface area contributed by atoms with Gasteiger partial charge in [-0.1, -0.05) is 17.7 Å². The van der Waals surface area contributed by atoms with Crippen LogP contribution in [0.15, 0.2) is 30.6 Å². The lowest BCUT2D eigenvalue weighted by molar-refractivity contribution is -0.385. The Morgan fingerprint density at radius 2 is 2.00 bits per heavy atom. The van der Waals surface area contributed by atoms with E-state index in [1.807, 2.05) is 0 Å². The van der Waals surface area contributed by atoms with E-state index in [0.29, 0.717) is 37.7 Å². The molecule has 0 radical (unpaired) electrons. The number of halogens is 2. The van der Waals surface area contributed by atoms with E-state index in [0.717, 1.165) is 11.8 Å². The predicted octanol–water partition coefficient (Wildman–Crippen LogP) is 2.66. The van der Waals surface area contributed by atoms with E-state index in [1.165, 1.54) is 23.0 Å². The molecule has 8 nitrogen and oxygen atoms in total. The molecule has 0 unspecified atom stereocenters. The van der Waals surface area contributed by atoms with Gasteiger partial charge in [-0.3, -0.25) is 24.5 Å². The number of carbonyl (C=O) groups excluding carboxylic acids is 1. The van der Waals surface area contributed by atoms with Crippen molar-refractivity contribution in [2.24, 2.45) is 0 Å². The number of aromatic nitrogens is 2. The summed E-state index contributed by atoms with van der Waals surface area (Å²) in [4.78, 5) is 27.2. The van der Waals surface area contributed by atoms with Crippen LogP contribution in [0, 0.1) is 15.9 Å². The molecule has 10 heteroatoms. The van der Waals surface area contributed by atoms with Gasteiger partial charge in [0, 0.05) is 37.7 Å². The number of benzene rings is 1. The first-order chi connectivity index (χ1) is 13.2. The van der Waals surface area contributed by atoms with Gasteiger partial charge in [-0.05, 0) is 31.5 Å². The fourth-order valence-corrected chi connectivity index (χ4v) is 3.43. The molecule has 1 saturated heterocycles. The lowest BCUT2D eigenvalue weighted by atomic mass is 10.0. The third kappa shape index (κ3) is 4.15. The van der Waals surface area contributed by atoms with Crippen molar-refractivity contribution in [3.05, 3.63) is 57.1 Å². The molecule has 150 valence electrons. The molecule has 1 aromatic heterocycles. The van der Waals surface area contributed by atoms with Gasteiger partial charge < -0.3 is 4.90 Å². The Morgan fingerprint density at radius 3 is 2.57 bits per heavy atom. The van der Waals surface area contributed by atoms with Crippen LogP contribution >= 0.6 is 11.6 Å². The molecule has 28 heavy (non-hydrogen) atoms. The van der Waals surface area contributed by atoms with Crippen LogP contribution in [0.25, 0.3) is 0 Å². The van der Waals surface area contributed by atoms with Gasteiger partial charge in [0.05, 0.1) is 4.92 Å². The highest BCUT2D eigenvalue weighted by Crippen LogP contribution is 2.23. The standard InChI is InChI=1S/C18H21ClFN5O3/c1-18(2,24-12-15(10-21-24)25(27)28)17(26)23-7-5-22(6-8-23)11-13-3-4-14(20)9-16(13)19/h3-4,9-10,12H,5-8,11H2,1-2H3. The number of piperazine rings is 1. The number of hydrogen-bond donors (Lipinski definition) is 0. The second-order valence-corrected chi connectivity index (χ2v) is 7.67. The summed E-state index contributed by atoms with van der Waals surface area (Å²) in [5.41, 5.74) is -0.342. The maximum Gasteiger partial charge on any atom is 0.307 e. The van der Waals surface area contributed by atoms with Crippen molar-refractivity contribution < 1.29 is 14.1 Å². The van der Waals surface area contributed by atoms with E-state index in [1.54, 1.807) is 24.8 Å². The van der Waals surface area contributed by atoms with Crippen LogP contribution in [-0.4, -0.2) is 56.6 Å². The number of amides is 1. The van der Waals surface area contributed by atoms with E-state index in [2.05, 4.69) is 10.00 Å². The Bertz CT molecular complexity index is 893. The first-order valence-electron chi connectivity index (χ1n) is 8.83. The smallest absolute Gasteiger partial charge is 0.307 e. The van der Waals surface area contributed by atoms with Crippen molar-refractivity contribution >= 4 is 23.2 Å². The Hall–Kier alpha value is -2.52. The molecule has 1 fully saturated rings. The molecule has 1 aliphatic rings. The number of hydrogen-bond acceptors (Lipinski definition) is 5. The zero-order valence-corrected chi connectivity index (χ0v) is 16.4. The first kappa shape index (κ1) is 20.2. The molecule has 0 atom stereocenters. The van der Waals surface area contributed by atoms with Gasteiger partial charge in [0.1, 0.15) is 23.7 Å². The highest BCUT2D eigenvalue weighted by atomic mass is 35.5. The third-order valence-corrected chi connectivity index (χ3v) is 5.30. The largest absolute Gasteiger partial charge is 0.338 e. The highest BCUT2D eigenvalue weighted by Gasteiger charge is 2.36. The molecule has 2 aromatic rings. The van der Waals surface area contributed by atoms with Crippen LogP contribution in [0.4, 0.5) is 10.1 Å². The van der Waals surface area contributed by atoms with E-state index in [9.17, 15) is 19.3 Å². The van der Waals surface area contributed by atoms with Crippen molar-refractivity contribution in [3.8, 4) is 0 Å². The molecule has 0 spiro atoms. The molecule has 0 aliphatic carbocycles. The molecule has 1 aliphatic heterocycles. The van der Waals surface area contributed by atoms with E-state index < -0.39 is 10.5 Å². The van der Waals surface area contributed by atoms with Gasteiger partial charge in [-0.25, -0.2) is 4.39 Å². The minimum absolute atomic E-state index is 0.148. The second-order valence-electron chi connectivity index (χ2n) is 7.26. The van der Waals surface area contributed by atoms with Crippen LogP contribution < -0.4 is 0 Å². The second kappa shape index (κ2) is 7.84. The minimum Gasteiger partial charge on any atom is -0.338 e. The number of carbonyl (C=O) groups is 1. The molecule has 1 amide bonds. The van der Waals surface area contributed by atoms with Crippen molar-refractivity contribution in [1.29, 1.82) is 0 Å². The summed E-state index contributed by atoms with van der Waals surface area (Å²) in [5, 5.41) is 15.2. The van der Waals surface area contributed by atoms with Crippen LogP contribution in [0.5, 0.6) is 0 Å². The summed E-state index contributed by atoms with van der Waals surface area (Å²) in [7, 11) is 0. The van der Waals surface area contributed by atoms with E-state index in [4.69, 9.17) is 11.6 Å². The maximum absolute atomic E-state index is 13.2. The van der Waals surface area contributed by atoms with Crippen LogP contribution in [0.2, 0.25) is 5.02 Å². The summed E-state index contributed by atoms with van der Waals surface area (Å²) in [6, 6.07) is 4.35. The molecule has 0 bridgehead atoms. The Kier molecular flexibility index (Phi) is 5.66. The summed E-state index contributed by atoms with van der Waals surface area (Å²) in [6.07, 6.45) is 2.41. The normalized spacial score (nSPS) is 15.6. The number of rotatable bonds is 5. The summed E-state index contributed by atoms with van der Waals surface area (Å²) >= 11 is 6.09. The molecule has 0 saturated carbocycles. The molecule has 3 rings (SSSR count). The Balaban J connectivity index is 1.61. The van der Waals surface area contributed by atoms with Crippen LogP contribution in [0.1, 0.15) is 19.4 Å². The maximum atomic E-state index is 13.2. The average Bonchev–Trinajstić information content (AvgIpc) is 3.15. The number of nitrogens with zero attached hydrogens (tertiary/aromatic N) is 5. The van der Waals surface area contributed by atoms with E-state index in [-0.39, 0.29) is 17.4 Å². The van der Waals surface area contributed by atoms with Gasteiger partial charge in [0.2, 0.25) is 5.91 Å². The predicted molar refractivity (Wildman–Crippen MR) is 101 cm³/mol.